The number of carboxylic acids is 1. The Bertz CT molecular complexity index is 208. The van der Waals surface area contributed by atoms with E-state index in [2.05, 4.69) is 12.6 Å². The van der Waals surface area contributed by atoms with Crippen molar-refractivity contribution < 1.29 is 19.4 Å². The lowest BCUT2D eigenvalue weighted by molar-refractivity contribution is -0.164. The Morgan fingerprint density at radius 2 is 2.14 bits per heavy atom. The number of carboxylic acid groups (broad SMARTS) is 1. The van der Waals surface area contributed by atoms with Crippen molar-refractivity contribution in [1.29, 1.82) is 0 Å². The quantitative estimate of drug-likeness (QED) is 0.532. The van der Waals surface area contributed by atoms with Crippen molar-refractivity contribution in [3.63, 3.8) is 0 Å². The molecule has 1 N–H and O–H groups in total. The van der Waals surface area contributed by atoms with E-state index in [-0.39, 0.29) is 11.7 Å². The molecule has 0 fully saturated rings. The van der Waals surface area contributed by atoms with Crippen molar-refractivity contribution in [2.45, 2.75) is 13.0 Å². The first-order valence-electron chi connectivity index (χ1n) is 4.06. The minimum Gasteiger partial charge on any atom is -0.478 e. The van der Waals surface area contributed by atoms with Gasteiger partial charge in [-0.1, -0.05) is 6.92 Å². The maximum Gasteiger partial charge on any atom is 0.345 e. The maximum absolute atomic E-state index is 11.2. The third-order valence-electron chi connectivity index (χ3n) is 1.53. The number of thioether (sulfide) groups is 1. The molecule has 0 bridgehead atoms. The number of aliphatic carboxylic acids is 1. The molecule has 0 aliphatic rings. The van der Waals surface area contributed by atoms with Gasteiger partial charge in [-0.25, -0.2) is 4.79 Å². The van der Waals surface area contributed by atoms with Crippen molar-refractivity contribution in [2.75, 3.05) is 17.8 Å². The average molecular weight is 238 g/mol. The van der Waals surface area contributed by atoms with E-state index >= 15 is 0 Å². The van der Waals surface area contributed by atoms with Gasteiger partial charge in [-0.15, -0.1) is 0 Å². The summed E-state index contributed by atoms with van der Waals surface area (Å²) < 4.78 is 4.80. The van der Waals surface area contributed by atoms with Crippen molar-refractivity contribution in [1.82, 2.24) is 0 Å². The van der Waals surface area contributed by atoms with E-state index in [4.69, 9.17) is 9.84 Å². The minimum absolute atomic E-state index is 0.264. The van der Waals surface area contributed by atoms with Gasteiger partial charge < -0.3 is 9.84 Å². The number of carbonyl (C=O) groups excluding carboxylic acids is 1. The zero-order valence-corrected chi connectivity index (χ0v) is 9.81. The molecule has 2 atom stereocenters. The van der Waals surface area contributed by atoms with Crippen LogP contribution in [0.4, 0.5) is 0 Å². The van der Waals surface area contributed by atoms with Crippen LogP contribution in [0.25, 0.3) is 0 Å². The number of ether oxygens (including phenoxy) is 1. The lowest BCUT2D eigenvalue weighted by Gasteiger charge is -2.14. The average Bonchev–Trinajstić information content (AvgIpc) is 2.15. The first kappa shape index (κ1) is 13.6. The Hall–Kier alpha value is -0.360. The second-order valence-electron chi connectivity index (χ2n) is 2.80. The van der Waals surface area contributed by atoms with Gasteiger partial charge in [0.1, 0.15) is 0 Å². The first-order chi connectivity index (χ1) is 6.52. The van der Waals surface area contributed by atoms with Gasteiger partial charge in [0.15, 0.2) is 0 Å². The van der Waals surface area contributed by atoms with Crippen molar-refractivity contribution in [3.8, 4) is 0 Å². The molecule has 0 saturated carbocycles. The van der Waals surface area contributed by atoms with Crippen molar-refractivity contribution >= 4 is 36.3 Å². The molecule has 0 aromatic rings. The van der Waals surface area contributed by atoms with Crippen LogP contribution in [0.3, 0.4) is 0 Å². The molecule has 0 aliphatic heterocycles. The number of esters is 1. The summed E-state index contributed by atoms with van der Waals surface area (Å²) in [7, 11) is 0. The van der Waals surface area contributed by atoms with E-state index in [1.54, 1.807) is 13.2 Å². The van der Waals surface area contributed by atoms with Gasteiger partial charge in [-0.2, -0.15) is 24.4 Å². The number of rotatable bonds is 6. The van der Waals surface area contributed by atoms with Crippen LogP contribution >= 0.6 is 24.4 Å². The zero-order valence-electron chi connectivity index (χ0n) is 8.10. The molecule has 4 nitrogen and oxygen atoms in total. The highest BCUT2D eigenvalue weighted by Crippen LogP contribution is 2.07. The highest BCUT2D eigenvalue weighted by atomic mass is 32.2. The van der Waals surface area contributed by atoms with Crippen LogP contribution in [0.2, 0.25) is 0 Å². The van der Waals surface area contributed by atoms with Gasteiger partial charge in [-0.3, -0.25) is 4.79 Å². The third kappa shape index (κ3) is 4.76. The Kier molecular flexibility index (Phi) is 6.82. The fraction of sp³-hybridized carbons (Fsp3) is 0.750. The predicted molar refractivity (Wildman–Crippen MR) is 58.9 cm³/mol. The molecule has 6 heteroatoms. The Morgan fingerprint density at radius 3 is 2.50 bits per heavy atom. The fourth-order valence-electron chi connectivity index (χ4n) is 0.638. The predicted octanol–water partition coefficient (Wildman–Crippen LogP) is 0.912. The first-order valence-corrected chi connectivity index (χ1v) is 6.08. The SMILES string of the molecule is CSC[C@H](OC(=O)[C@H](C)CS)C(=O)O. The van der Waals surface area contributed by atoms with E-state index in [0.29, 0.717) is 5.75 Å². The second kappa shape index (κ2) is 7.00. The Labute approximate surface area is 92.8 Å². The lowest BCUT2D eigenvalue weighted by atomic mass is 10.2. The van der Waals surface area contributed by atoms with Gasteiger partial charge in [0, 0.05) is 11.5 Å². The summed E-state index contributed by atoms with van der Waals surface area (Å²) in [6.45, 7) is 1.65. The van der Waals surface area contributed by atoms with Crippen LogP contribution in [0.1, 0.15) is 6.92 Å². The summed E-state index contributed by atoms with van der Waals surface area (Å²) in [6, 6.07) is 0. The van der Waals surface area contributed by atoms with Crippen LogP contribution in [0, 0.1) is 5.92 Å². The fourth-order valence-corrected chi connectivity index (χ4v) is 1.30. The van der Waals surface area contributed by atoms with E-state index in [1.807, 2.05) is 0 Å². The smallest absolute Gasteiger partial charge is 0.345 e. The van der Waals surface area contributed by atoms with Crippen LogP contribution in [0.15, 0.2) is 0 Å². The standard InChI is InChI=1S/C8H14O4S2/c1-5(3-13)8(11)12-6(4-14-2)7(9)10/h5-6,13H,3-4H2,1-2H3,(H,9,10)/t5-,6+/m1/s1. The summed E-state index contributed by atoms with van der Waals surface area (Å²) in [5.41, 5.74) is 0. The van der Waals surface area contributed by atoms with Gasteiger partial charge in [0.25, 0.3) is 0 Å². The van der Waals surface area contributed by atoms with Gasteiger partial charge in [0.05, 0.1) is 5.92 Å². The monoisotopic (exact) mass is 238 g/mol. The summed E-state index contributed by atoms with van der Waals surface area (Å²) in [4.78, 5) is 21.8. The van der Waals surface area contributed by atoms with Crippen LogP contribution < -0.4 is 0 Å². The molecule has 0 aliphatic carbocycles. The molecular formula is C8H14O4S2. The largest absolute Gasteiger partial charge is 0.478 e. The molecular weight excluding hydrogens is 224 g/mol. The molecule has 0 saturated heterocycles. The minimum atomic E-state index is -1.11. The Morgan fingerprint density at radius 1 is 1.57 bits per heavy atom. The third-order valence-corrected chi connectivity index (χ3v) is 2.71. The van der Waals surface area contributed by atoms with E-state index in [0.717, 1.165) is 0 Å². The van der Waals surface area contributed by atoms with Crippen LogP contribution in [-0.4, -0.2) is 40.9 Å². The summed E-state index contributed by atoms with van der Waals surface area (Å²) >= 11 is 5.25. The van der Waals surface area contributed by atoms with E-state index < -0.39 is 18.0 Å². The van der Waals surface area contributed by atoms with E-state index in [1.165, 1.54) is 11.8 Å². The maximum atomic E-state index is 11.2. The highest BCUT2D eigenvalue weighted by Gasteiger charge is 2.23. The second-order valence-corrected chi connectivity index (χ2v) is 4.08. The number of hydrogen-bond acceptors (Lipinski definition) is 5. The van der Waals surface area contributed by atoms with Gasteiger partial charge in [-0.05, 0) is 6.26 Å². The van der Waals surface area contributed by atoms with Crippen LogP contribution in [0.5, 0.6) is 0 Å². The van der Waals surface area contributed by atoms with Crippen molar-refractivity contribution in [3.05, 3.63) is 0 Å². The molecule has 0 radical (unpaired) electrons. The number of hydrogen-bond donors (Lipinski definition) is 2. The van der Waals surface area contributed by atoms with Gasteiger partial charge in [0.2, 0.25) is 6.10 Å². The normalized spacial score (nSPS) is 14.5. The molecule has 0 heterocycles. The molecule has 0 spiro atoms. The van der Waals surface area contributed by atoms with Gasteiger partial charge >= 0.3 is 11.9 Å². The lowest BCUT2D eigenvalue weighted by Crippen LogP contribution is -2.31. The van der Waals surface area contributed by atoms with Crippen LogP contribution in [-0.2, 0) is 14.3 Å². The zero-order chi connectivity index (χ0) is 11.1. The molecule has 0 unspecified atom stereocenters. The summed E-state index contributed by atoms with van der Waals surface area (Å²) in [6.07, 6.45) is 0.700. The molecule has 82 valence electrons. The molecule has 0 rings (SSSR count). The number of carbonyl (C=O) groups is 2. The molecule has 0 aromatic carbocycles. The number of thiol groups is 1. The summed E-state index contributed by atoms with van der Waals surface area (Å²) in [5.74, 6) is -1.38. The highest BCUT2D eigenvalue weighted by molar-refractivity contribution is 7.98. The molecule has 0 aromatic heterocycles. The Balaban J connectivity index is 4.15. The van der Waals surface area contributed by atoms with Crippen molar-refractivity contribution in [2.24, 2.45) is 5.92 Å². The topological polar surface area (TPSA) is 63.6 Å². The molecule has 0 amide bonds. The summed E-state index contributed by atoms with van der Waals surface area (Å²) in [5, 5.41) is 8.70. The van der Waals surface area contributed by atoms with E-state index in [9.17, 15) is 9.59 Å². The molecule has 14 heavy (non-hydrogen) atoms.